The van der Waals surface area contributed by atoms with Crippen molar-refractivity contribution in [1.29, 1.82) is 0 Å². The first-order chi connectivity index (χ1) is 13.2. The Bertz CT molecular complexity index is 902. The molecular formula is C20H18F7NO. The summed E-state index contributed by atoms with van der Waals surface area (Å²) >= 11 is 0. The van der Waals surface area contributed by atoms with E-state index in [1.165, 1.54) is 19.9 Å². The van der Waals surface area contributed by atoms with Gasteiger partial charge in [0.2, 0.25) is 0 Å². The van der Waals surface area contributed by atoms with Crippen LogP contribution in [0.3, 0.4) is 0 Å². The molecule has 0 spiro atoms. The number of hydrogen-bond acceptors (Lipinski definition) is 1. The summed E-state index contributed by atoms with van der Waals surface area (Å²) in [6, 6.07) is 7.43. The van der Waals surface area contributed by atoms with Gasteiger partial charge in [0.05, 0.1) is 0 Å². The monoisotopic (exact) mass is 421 g/mol. The summed E-state index contributed by atoms with van der Waals surface area (Å²) in [6.45, 7) is 4.44. The van der Waals surface area contributed by atoms with Gasteiger partial charge in [0.15, 0.2) is 0 Å². The van der Waals surface area contributed by atoms with Crippen LogP contribution in [-0.4, -0.2) is 18.3 Å². The fourth-order valence-electron chi connectivity index (χ4n) is 2.98. The second-order valence-corrected chi connectivity index (χ2v) is 6.66. The fraction of sp³-hybridized carbons (Fsp3) is 0.350. The van der Waals surface area contributed by atoms with Crippen LogP contribution < -0.4 is 5.32 Å². The van der Waals surface area contributed by atoms with E-state index < -0.39 is 29.5 Å². The van der Waals surface area contributed by atoms with Crippen LogP contribution in [0.5, 0.6) is 0 Å². The van der Waals surface area contributed by atoms with Gasteiger partial charge in [0.25, 0.3) is 5.91 Å². The van der Waals surface area contributed by atoms with E-state index in [1.807, 2.05) is 0 Å². The standard InChI is InChI=1S/C20H18F7NO/c1-4-13-10-15(18(21,19(22,23)24)20(25,26)27)9-12(3)16(13)28-17(29)14-7-5-6-11(2)8-14/h5-10H,4H2,1-3H3,(H,28,29). The molecule has 1 N–H and O–H groups in total. The van der Waals surface area contributed by atoms with Gasteiger partial charge in [-0.05, 0) is 49.6 Å². The lowest BCUT2D eigenvalue weighted by Crippen LogP contribution is -2.50. The Hall–Kier alpha value is -2.58. The Labute approximate surface area is 162 Å². The van der Waals surface area contributed by atoms with Crippen molar-refractivity contribution in [3.8, 4) is 0 Å². The van der Waals surface area contributed by atoms with E-state index in [0.29, 0.717) is 12.1 Å². The van der Waals surface area contributed by atoms with Crippen LogP contribution >= 0.6 is 0 Å². The Morgan fingerprint density at radius 2 is 1.52 bits per heavy atom. The molecule has 0 atom stereocenters. The Kier molecular flexibility index (Phi) is 6.02. The van der Waals surface area contributed by atoms with Gasteiger partial charge in [-0.1, -0.05) is 30.7 Å². The predicted molar refractivity (Wildman–Crippen MR) is 94.6 cm³/mol. The molecule has 0 heterocycles. The molecule has 2 aromatic rings. The van der Waals surface area contributed by atoms with Crippen LogP contribution in [0.1, 0.15) is 39.5 Å². The molecular weight excluding hydrogens is 403 g/mol. The average Bonchev–Trinajstić information content (AvgIpc) is 2.60. The fourth-order valence-corrected chi connectivity index (χ4v) is 2.98. The second kappa shape index (κ2) is 7.68. The molecule has 0 aliphatic rings. The SMILES string of the molecule is CCc1cc(C(F)(C(F)(F)F)C(F)(F)F)cc(C)c1NC(=O)c1cccc(C)c1. The van der Waals surface area contributed by atoms with Crippen molar-refractivity contribution in [2.75, 3.05) is 5.32 Å². The molecule has 9 heteroatoms. The third-order valence-corrected chi connectivity index (χ3v) is 4.50. The zero-order chi connectivity index (χ0) is 22.2. The maximum absolute atomic E-state index is 14.4. The van der Waals surface area contributed by atoms with Gasteiger partial charge in [0, 0.05) is 16.8 Å². The molecule has 0 unspecified atom stereocenters. The predicted octanol–water partition coefficient (Wildman–Crippen LogP) is 6.41. The molecule has 0 saturated heterocycles. The molecule has 158 valence electrons. The first-order valence-corrected chi connectivity index (χ1v) is 8.56. The van der Waals surface area contributed by atoms with Crippen LogP contribution in [0.15, 0.2) is 36.4 Å². The van der Waals surface area contributed by atoms with Gasteiger partial charge in [-0.2, -0.15) is 26.3 Å². The highest BCUT2D eigenvalue weighted by atomic mass is 19.4. The van der Waals surface area contributed by atoms with E-state index in [-0.39, 0.29) is 28.8 Å². The first kappa shape index (κ1) is 22.7. The van der Waals surface area contributed by atoms with E-state index in [2.05, 4.69) is 5.32 Å². The van der Waals surface area contributed by atoms with Gasteiger partial charge in [-0.15, -0.1) is 0 Å². The summed E-state index contributed by atoms with van der Waals surface area (Å²) in [7, 11) is 0. The third-order valence-electron chi connectivity index (χ3n) is 4.50. The molecule has 0 fully saturated rings. The number of nitrogens with one attached hydrogen (secondary N) is 1. The lowest BCUT2D eigenvalue weighted by Gasteiger charge is -2.31. The minimum absolute atomic E-state index is 0.0239. The Morgan fingerprint density at radius 3 is 2.00 bits per heavy atom. The number of alkyl halides is 7. The summed E-state index contributed by atoms with van der Waals surface area (Å²) < 4.78 is 92.8. The zero-order valence-electron chi connectivity index (χ0n) is 15.7. The highest BCUT2D eigenvalue weighted by molar-refractivity contribution is 6.05. The summed E-state index contributed by atoms with van der Waals surface area (Å²) in [5, 5.41) is 2.51. The quantitative estimate of drug-likeness (QED) is 0.568. The zero-order valence-corrected chi connectivity index (χ0v) is 15.7. The number of anilines is 1. The highest BCUT2D eigenvalue weighted by Crippen LogP contribution is 2.53. The molecule has 2 nitrogen and oxygen atoms in total. The van der Waals surface area contributed by atoms with Gasteiger partial charge in [-0.25, -0.2) is 4.39 Å². The smallest absolute Gasteiger partial charge is 0.321 e. The summed E-state index contributed by atoms with van der Waals surface area (Å²) in [6.07, 6.45) is -12.4. The van der Waals surface area contributed by atoms with E-state index in [4.69, 9.17) is 0 Å². The maximum atomic E-state index is 14.4. The molecule has 0 radical (unpaired) electrons. The lowest BCUT2D eigenvalue weighted by atomic mass is 9.89. The van der Waals surface area contributed by atoms with Crippen LogP contribution in [-0.2, 0) is 12.1 Å². The average molecular weight is 421 g/mol. The molecule has 1 amide bonds. The number of amides is 1. The molecule has 0 bridgehead atoms. The normalized spacial score (nSPS) is 12.8. The van der Waals surface area contributed by atoms with Crippen molar-refractivity contribution >= 4 is 11.6 Å². The number of rotatable bonds is 4. The van der Waals surface area contributed by atoms with Crippen molar-refractivity contribution < 1.29 is 35.5 Å². The van der Waals surface area contributed by atoms with E-state index in [9.17, 15) is 35.5 Å². The molecule has 0 aliphatic heterocycles. The molecule has 0 aromatic heterocycles. The maximum Gasteiger partial charge on any atom is 0.435 e. The van der Waals surface area contributed by atoms with E-state index >= 15 is 0 Å². The van der Waals surface area contributed by atoms with Crippen molar-refractivity contribution in [2.24, 2.45) is 0 Å². The van der Waals surface area contributed by atoms with Gasteiger partial charge in [-0.3, -0.25) is 4.79 Å². The first-order valence-electron chi connectivity index (χ1n) is 8.56. The Morgan fingerprint density at radius 1 is 0.931 bits per heavy atom. The van der Waals surface area contributed by atoms with Gasteiger partial charge >= 0.3 is 18.0 Å². The van der Waals surface area contributed by atoms with Crippen molar-refractivity contribution in [3.05, 3.63) is 64.2 Å². The number of hydrogen-bond donors (Lipinski definition) is 1. The number of halogens is 7. The summed E-state index contributed by atoms with van der Waals surface area (Å²) in [4.78, 5) is 12.4. The third kappa shape index (κ3) is 4.23. The molecule has 0 aliphatic carbocycles. The minimum Gasteiger partial charge on any atom is -0.321 e. The van der Waals surface area contributed by atoms with Gasteiger partial charge < -0.3 is 5.32 Å². The van der Waals surface area contributed by atoms with Crippen LogP contribution in [0.25, 0.3) is 0 Å². The van der Waals surface area contributed by atoms with E-state index in [1.54, 1.807) is 25.1 Å². The van der Waals surface area contributed by atoms with E-state index in [0.717, 1.165) is 5.56 Å². The van der Waals surface area contributed by atoms with Crippen LogP contribution in [0.2, 0.25) is 0 Å². The molecule has 0 saturated carbocycles. The van der Waals surface area contributed by atoms with Crippen molar-refractivity contribution in [1.82, 2.24) is 0 Å². The van der Waals surface area contributed by atoms with Crippen LogP contribution in [0, 0.1) is 13.8 Å². The number of aryl methyl sites for hydroxylation is 3. The molecule has 2 rings (SSSR count). The van der Waals surface area contributed by atoms with Crippen LogP contribution in [0.4, 0.5) is 36.4 Å². The topological polar surface area (TPSA) is 29.1 Å². The highest BCUT2D eigenvalue weighted by Gasteiger charge is 2.73. The number of carbonyl (C=O) groups excluding carboxylic acids is 1. The lowest BCUT2D eigenvalue weighted by molar-refractivity contribution is -0.348. The number of benzene rings is 2. The largest absolute Gasteiger partial charge is 0.435 e. The molecule has 29 heavy (non-hydrogen) atoms. The van der Waals surface area contributed by atoms with Crippen molar-refractivity contribution in [2.45, 2.75) is 45.2 Å². The summed E-state index contributed by atoms with van der Waals surface area (Å²) in [5.41, 5.74) is -6.14. The second-order valence-electron chi connectivity index (χ2n) is 6.66. The summed E-state index contributed by atoms with van der Waals surface area (Å²) in [5.74, 6) is -0.586. The number of carbonyl (C=O) groups is 1. The minimum atomic E-state index is -6.20. The van der Waals surface area contributed by atoms with Gasteiger partial charge in [0.1, 0.15) is 0 Å². The van der Waals surface area contributed by atoms with Crippen molar-refractivity contribution in [3.63, 3.8) is 0 Å². The Balaban J connectivity index is 2.55. The molecule has 2 aromatic carbocycles.